The fraction of sp³-hybridized carbons (Fsp3) is 0.400. The minimum absolute atomic E-state index is 0.588. The molecule has 1 saturated heterocycles. The fourth-order valence-corrected chi connectivity index (χ4v) is 3.46. The van der Waals surface area contributed by atoms with Gasteiger partial charge in [-0.2, -0.15) is 0 Å². The standard InChI is InChI=1S/C20H25N/c1-15-6-4-7-18(12-15)20-8-5-11-21(20)14-19-13-16(2)9-10-17(19)3/h4,6-7,9-10,12-13,20H,5,8,11,14H2,1-3H3/t20-/m1/s1. The van der Waals surface area contributed by atoms with Crippen LogP contribution in [0.3, 0.4) is 0 Å². The van der Waals surface area contributed by atoms with E-state index in [-0.39, 0.29) is 0 Å². The third-order valence-corrected chi connectivity index (χ3v) is 4.67. The highest BCUT2D eigenvalue weighted by Gasteiger charge is 2.26. The van der Waals surface area contributed by atoms with E-state index in [4.69, 9.17) is 0 Å². The van der Waals surface area contributed by atoms with Crippen LogP contribution in [-0.4, -0.2) is 11.4 Å². The molecule has 0 saturated carbocycles. The fourth-order valence-electron chi connectivity index (χ4n) is 3.46. The van der Waals surface area contributed by atoms with Crippen LogP contribution >= 0.6 is 0 Å². The Balaban J connectivity index is 1.83. The van der Waals surface area contributed by atoms with Gasteiger partial charge in [-0.3, -0.25) is 4.90 Å². The van der Waals surface area contributed by atoms with E-state index >= 15 is 0 Å². The van der Waals surface area contributed by atoms with Gasteiger partial charge in [-0.25, -0.2) is 0 Å². The van der Waals surface area contributed by atoms with Crippen molar-refractivity contribution in [2.24, 2.45) is 0 Å². The summed E-state index contributed by atoms with van der Waals surface area (Å²) in [5, 5.41) is 0. The maximum absolute atomic E-state index is 2.65. The SMILES string of the molecule is Cc1cccc([C@H]2CCCN2Cc2cc(C)ccc2C)c1. The Hall–Kier alpha value is -1.60. The van der Waals surface area contributed by atoms with Crippen LogP contribution in [0, 0.1) is 20.8 Å². The van der Waals surface area contributed by atoms with Crippen molar-refractivity contribution in [3.05, 3.63) is 70.3 Å². The summed E-state index contributed by atoms with van der Waals surface area (Å²) in [7, 11) is 0. The average molecular weight is 279 g/mol. The smallest absolute Gasteiger partial charge is 0.0352 e. The molecule has 110 valence electrons. The Morgan fingerprint density at radius 3 is 2.62 bits per heavy atom. The Bertz CT molecular complexity index is 629. The number of nitrogens with zero attached hydrogens (tertiary/aromatic N) is 1. The van der Waals surface area contributed by atoms with E-state index in [0.717, 1.165) is 6.54 Å². The topological polar surface area (TPSA) is 3.24 Å². The van der Waals surface area contributed by atoms with Gasteiger partial charge in [0.25, 0.3) is 0 Å². The summed E-state index contributed by atoms with van der Waals surface area (Å²) in [6, 6.07) is 16.4. The molecule has 2 aromatic rings. The molecular weight excluding hydrogens is 254 g/mol. The molecule has 0 N–H and O–H groups in total. The second kappa shape index (κ2) is 6.03. The summed E-state index contributed by atoms with van der Waals surface area (Å²) < 4.78 is 0. The summed E-state index contributed by atoms with van der Waals surface area (Å²) >= 11 is 0. The molecule has 0 bridgehead atoms. The van der Waals surface area contributed by atoms with Gasteiger partial charge >= 0.3 is 0 Å². The van der Waals surface area contributed by atoms with Crippen molar-refractivity contribution in [3.63, 3.8) is 0 Å². The van der Waals surface area contributed by atoms with E-state index in [1.807, 2.05) is 0 Å². The number of hydrogen-bond acceptors (Lipinski definition) is 1. The van der Waals surface area contributed by atoms with Gasteiger partial charge in [0.2, 0.25) is 0 Å². The molecule has 0 aromatic heterocycles. The van der Waals surface area contributed by atoms with Crippen molar-refractivity contribution in [1.82, 2.24) is 4.90 Å². The zero-order chi connectivity index (χ0) is 14.8. The van der Waals surface area contributed by atoms with E-state index in [1.54, 1.807) is 0 Å². The van der Waals surface area contributed by atoms with Crippen LogP contribution in [0.15, 0.2) is 42.5 Å². The largest absolute Gasteiger partial charge is 0.292 e. The second-order valence-electron chi connectivity index (χ2n) is 6.47. The molecule has 1 aliphatic heterocycles. The van der Waals surface area contributed by atoms with Gasteiger partial charge in [0.1, 0.15) is 0 Å². The molecule has 1 fully saturated rings. The van der Waals surface area contributed by atoms with Crippen LogP contribution in [0.2, 0.25) is 0 Å². The monoisotopic (exact) mass is 279 g/mol. The van der Waals surface area contributed by atoms with Crippen LogP contribution in [-0.2, 0) is 6.54 Å². The van der Waals surface area contributed by atoms with Gasteiger partial charge in [0.05, 0.1) is 0 Å². The first-order valence-electron chi connectivity index (χ1n) is 8.00. The molecule has 1 nitrogen and oxygen atoms in total. The van der Waals surface area contributed by atoms with Crippen LogP contribution in [0.1, 0.15) is 46.7 Å². The normalized spacial score (nSPS) is 19.1. The molecule has 0 spiro atoms. The molecule has 21 heavy (non-hydrogen) atoms. The average Bonchev–Trinajstić information content (AvgIpc) is 2.91. The van der Waals surface area contributed by atoms with Gasteiger partial charge in [-0.15, -0.1) is 0 Å². The quantitative estimate of drug-likeness (QED) is 0.768. The van der Waals surface area contributed by atoms with Crippen molar-refractivity contribution in [2.75, 3.05) is 6.54 Å². The van der Waals surface area contributed by atoms with Crippen molar-refractivity contribution < 1.29 is 0 Å². The Morgan fingerprint density at radius 1 is 1.00 bits per heavy atom. The molecule has 2 aromatic carbocycles. The Kier molecular flexibility index (Phi) is 4.12. The van der Waals surface area contributed by atoms with Crippen LogP contribution < -0.4 is 0 Å². The van der Waals surface area contributed by atoms with Gasteiger partial charge < -0.3 is 0 Å². The van der Waals surface area contributed by atoms with E-state index in [0.29, 0.717) is 6.04 Å². The van der Waals surface area contributed by atoms with Crippen molar-refractivity contribution in [3.8, 4) is 0 Å². The molecule has 1 atom stereocenters. The second-order valence-corrected chi connectivity index (χ2v) is 6.47. The molecule has 1 heteroatoms. The van der Waals surface area contributed by atoms with Gasteiger partial charge in [0.15, 0.2) is 0 Å². The predicted molar refractivity (Wildman–Crippen MR) is 89.5 cm³/mol. The van der Waals surface area contributed by atoms with Gasteiger partial charge in [-0.05, 0) is 56.8 Å². The summed E-state index contributed by atoms with van der Waals surface area (Å²) in [5.41, 5.74) is 7.11. The van der Waals surface area contributed by atoms with Crippen LogP contribution in [0.25, 0.3) is 0 Å². The molecule has 1 heterocycles. The first-order valence-corrected chi connectivity index (χ1v) is 8.00. The molecule has 0 unspecified atom stereocenters. The van der Waals surface area contributed by atoms with Crippen molar-refractivity contribution in [1.29, 1.82) is 0 Å². The minimum atomic E-state index is 0.588. The Morgan fingerprint density at radius 2 is 1.81 bits per heavy atom. The number of benzene rings is 2. The summed E-state index contributed by atoms with van der Waals surface area (Å²) in [6.07, 6.45) is 2.60. The number of likely N-dealkylation sites (tertiary alicyclic amines) is 1. The third kappa shape index (κ3) is 3.19. The summed E-state index contributed by atoms with van der Waals surface area (Å²) in [5.74, 6) is 0. The van der Waals surface area contributed by atoms with Crippen LogP contribution in [0.4, 0.5) is 0 Å². The lowest BCUT2D eigenvalue weighted by atomic mass is 10.0. The Labute approximate surface area is 128 Å². The zero-order valence-corrected chi connectivity index (χ0v) is 13.4. The first-order chi connectivity index (χ1) is 10.1. The van der Waals surface area contributed by atoms with E-state index < -0.39 is 0 Å². The van der Waals surface area contributed by atoms with E-state index in [1.165, 1.54) is 47.2 Å². The van der Waals surface area contributed by atoms with Gasteiger partial charge in [-0.1, -0.05) is 53.6 Å². The zero-order valence-electron chi connectivity index (χ0n) is 13.4. The maximum atomic E-state index is 2.65. The predicted octanol–water partition coefficient (Wildman–Crippen LogP) is 4.95. The maximum Gasteiger partial charge on any atom is 0.0352 e. The lowest BCUT2D eigenvalue weighted by Gasteiger charge is -2.26. The summed E-state index contributed by atoms with van der Waals surface area (Å²) in [4.78, 5) is 2.65. The number of rotatable bonds is 3. The lowest BCUT2D eigenvalue weighted by Crippen LogP contribution is -2.23. The molecule has 1 aliphatic rings. The lowest BCUT2D eigenvalue weighted by molar-refractivity contribution is 0.248. The molecule has 3 rings (SSSR count). The van der Waals surface area contributed by atoms with Gasteiger partial charge in [0, 0.05) is 12.6 Å². The van der Waals surface area contributed by atoms with Crippen molar-refractivity contribution >= 4 is 0 Å². The minimum Gasteiger partial charge on any atom is -0.292 e. The highest BCUT2D eigenvalue weighted by Crippen LogP contribution is 2.33. The van der Waals surface area contributed by atoms with E-state index in [2.05, 4.69) is 68.1 Å². The van der Waals surface area contributed by atoms with E-state index in [9.17, 15) is 0 Å². The molecule has 0 amide bonds. The first kappa shape index (κ1) is 14.3. The highest BCUT2D eigenvalue weighted by molar-refractivity contribution is 5.31. The third-order valence-electron chi connectivity index (χ3n) is 4.67. The molecule has 0 radical (unpaired) electrons. The summed E-state index contributed by atoms with van der Waals surface area (Å²) in [6.45, 7) is 8.89. The number of hydrogen-bond donors (Lipinski definition) is 0. The number of aryl methyl sites for hydroxylation is 3. The molecular formula is C20H25N. The molecule has 0 aliphatic carbocycles. The van der Waals surface area contributed by atoms with Crippen molar-refractivity contribution in [2.45, 2.75) is 46.2 Å². The van der Waals surface area contributed by atoms with Crippen LogP contribution in [0.5, 0.6) is 0 Å². The highest BCUT2D eigenvalue weighted by atomic mass is 15.2.